The van der Waals surface area contributed by atoms with E-state index in [0.717, 1.165) is 22.3 Å². The molecule has 5 aromatic rings. The maximum atomic E-state index is 13.5. The third-order valence-corrected chi connectivity index (χ3v) is 5.47. The number of carbonyl (C=O) groups is 1. The molecule has 0 aliphatic rings. The molecule has 0 saturated heterocycles. The van der Waals surface area contributed by atoms with Gasteiger partial charge in [-0.2, -0.15) is 0 Å². The maximum absolute atomic E-state index is 13.5. The largest absolute Gasteiger partial charge is 0.333 e. The molecule has 0 fully saturated rings. The number of imidazole rings is 2. The van der Waals surface area contributed by atoms with E-state index in [9.17, 15) is 14.0 Å². The van der Waals surface area contributed by atoms with Gasteiger partial charge in [0.05, 0.1) is 28.1 Å². The average Bonchev–Trinajstić information content (AvgIpc) is 3.33. The summed E-state index contributed by atoms with van der Waals surface area (Å²) >= 11 is 0. The Morgan fingerprint density at radius 1 is 0.970 bits per heavy atom. The van der Waals surface area contributed by atoms with Crippen LogP contribution in [0.15, 0.2) is 77.6 Å². The van der Waals surface area contributed by atoms with Gasteiger partial charge in [0, 0.05) is 25.1 Å². The standard InChI is InChI=1S/C25H20FN5O2/c1-15(32)27-24-28-22(16-8-11-18(26)12-9-16)23(29-24)17-10-13-20-21(14-17)30(2)25(33)31(20)19-6-4-3-5-7-19/h3-14H,1-2H3,(H2,27,28,29,32). The van der Waals surface area contributed by atoms with Gasteiger partial charge in [-0.05, 0) is 48.5 Å². The van der Waals surface area contributed by atoms with Crippen LogP contribution in [0.25, 0.3) is 39.2 Å². The molecule has 164 valence electrons. The molecule has 1 amide bonds. The zero-order valence-electron chi connectivity index (χ0n) is 18.0. The fraction of sp³-hybridized carbons (Fsp3) is 0.0800. The van der Waals surface area contributed by atoms with Crippen LogP contribution in [0, 0.1) is 5.82 Å². The maximum Gasteiger partial charge on any atom is 0.333 e. The first-order valence-electron chi connectivity index (χ1n) is 10.3. The molecule has 0 bridgehead atoms. The second-order valence-corrected chi connectivity index (χ2v) is 7.71. The molecule has 2 aromatic heterocycles. The highest BCUT2D eigenvalue weighted by atomic mass is 19.1. The molecular weight excluding hydrogens is 421 g/mol. The Kier molecular flexibility index (Phi) is 4.90. The van der Waals surface area contributed by atoms with E-state index in [1.165, 1.54) is 19.1 Å². The van der Waals surface area contributed by atoms with E-state index in [1.54, 1.807) is 28.3 Å². The van der Waals surface area contributed by atoms with E-state index >= 15 is 0 Å². The lowest BCUT2D eigenvalue weighted by Crippen LogP contribution is -2.20. The van der Waals surface area contributed by atoms with Gasteiger partial charge in [0.15, 0.2) is 0 Å². The van der Waals surface area contributed by atoms with E-state index in [0.29, 0.717) is 17.0 Å². The quantitative estimate of drug-likeness (QED) is 0.431. The van der Waals surface area contributed by atoms with Crippen LogP contribution in [-0.4, -0.2) is 25.0 Å². The van der Waals surface area contributed by atoms with Crippen LogP contribution in [0.1, 0.15) is 6.92 Å². The van der Waals surface area contributed by atoms with E-state index in [2.05, 4.69) is 15.3 Å². The third kappa shape index (κ3) is 3.61. The first kappa shape index (κ1) is 20.4. The highest BCUT2D eigenvalue weighted by molar-refractivity contribution is 5.91. The molecule has 2 heterocycles. The molecule has 0 aliphatic carbocycles. The molecule has 8 heteroatoms. The number of benzene rings is 3. The van der Waals surface area contributed by atoms with E-state index < -0.39 is 0 Å². The van der Waals surface area contributed by atoms with Crippen molar-refractivity contribution in [1.82, 2.24) is 19.1 Å². The molecule has 0 atom stereocenters. The first-order valence-corrected chi connectivity index (χ1v) is 10.3. The number of rotatable bonds is 4. The number of hydrogen-bond acceptors (Lipinski definition) is 3. The number of anilines is 1. The Hall–Kier alpha value is -4.46. The Labute approximate surface area is 188 Å². The Morgan fingerprint density at radius 3 is 2.36 bits per heavy atom. The Balaban J connectivity index is 1.70. The number of H-pyrrole nitrogens is 1. The topological polar surface area (TPSA) is 84.7 Å². The zero-order chi connectivity index (χ0) is 23.1. The Bertz CT molecular complexity index is 1550. The molecule has 2 N–H and O–H groups in total. The summed E-state index contributed by atoms with van der Waals surface area (Å²) in [6.07, 6.45) is 0. The minimum Gasteiger partial charge on any atom is -0.323 e. The number of para-hydroxylation sites is 1. The number of aryl methyl sites for hydroxylation is 1. The molecular formula is C25H20FN5O2. The van der Waals surface area contributed by atoms with Crippen LogP contribution in [-0.2, 0) is 11.8 Å². The molecule has 0 aliphatic heterocycles. The van der Waals surface area contributed by atoms with Crippen molar-refractivity contribution in [3.8, 4) is 28.2 Å². The van der Waals surface area contributed by atoms with Crippen LogP contribution in [0.3, 0.4) is 0 Å². The smallest absolute Gasteiger partial charge is 0.323 e. The summed E-state index contributed by atoms with van der Waals surface area (Å²) in [7, 11) is 1.72. The van der Waals surface area contributed by atoms with Crippen LogP contribution in [0.5, 0.6) is 0 Å². The van der Waals surface area contributed by atoms with Crippen LogP contribution >= 0.6 is 0 Å². The lowest BCUT2D eigenvalue weighted by Gasteiger charge is -2.06. The van der Waals surface area contributed by atoms with Gasteiger partial charge in [-0.25, -0.2) is 14.2 Å². The third-order valence-electron chi connectivity index (χ3n) is 5.47. The summed E-state index contributed by atoms with van der Waals surface area (Å²) in [5.41, 5.74) is 4.78. The van der Waals surface area contributed by atoms with Gasteiger partial charge < -0.3 is 4.98 Å². The molecule has 5 rings (SSSR count). The molecule has 3 aromatic carbocycles. The van der Waals surface area contributed by atoms with Crippen molar-refractivity contribution in [3.63, 3.8) is 0 Å². The molecule has 0 spiro atoms. The summed E-state index contributed by atoms with van der Waals surface area (Å²) in [4.78, 5) is 32.3. The van der Waals surface area contributed by atoms with Crippen molar-refractivity contribution in [2.75, 3.05) is 5.32 Å². The van der Waals surface area contributed by atoms with Crippen LogP contribution < -0.4 is 11.0 Å². The summed E-state index contributed by atoms with van der Waals surface area (Å²) in [6, 6.07) is 21.1. The van der Waals surface area contributed by atoms with Gasteiger partial charge >= 0.3 is 5.69 Å². The number of nitrogens with zero attached hydrogens (tertiary/aromatic N) is 3. The number of amides is 1. The summed E-state index contributed by atoms with van der Waals surface area (Å²) in [6.45, 7) is 1.40. The van der Waals surface area contributed by atoms with Gasteiger partial charge in [-0.15, -0.1) is 0 Å². The zero-order valence-corrected chi connectivity index (χ0v) is 18.0. The number of aromatic amines is 1. The lowest BCUT2D eigenvalue weighted by atomic mass is 10.0. The van der Waals surface area contributed by atoms with Crippen molar-refractivity contribution in [1.29, 1.82) is 0 Å². The van der Waals surface area contributed by atoms with Crippen molar-refractivity contribution >= 4 is 22.9 Å². The Morgan fingerprint density at radius 2 is 1.67 bits per heavy atom. The first-order chi connectivity index (χ1) is 15.9. The highest BCUT2D eigenvalue weighted by Crippen LogP contribution is 2.33. The molecule has 0 unspecified atom stereocenters. The fourth-order valence-electron chi connectivity index (χ4n) is 3.94. The van der Waals surface area contributed by atoms with Gasteiger partial charge in [-0.3, -0.25) is 19.2 Å². The van der Waals surface area contributed by atoms with Crippen molar-refractivity contribution in [2.45, 2.75) is 6.92 Å². The summed E-state index contributed by atoms with van der Waals surface area (Å²) in [5, 5.41) is 2.66. The van der Waals surface area contributed by atoms with Crippen molar-refractivity contribution < 1.29 is 9.18 Å². The van der Waals surface area contributed by atoms with E-state index in [1.807, 2.05) is 48.5 Å². The number of aromatic nitrogens is 4. The lowest BCUT2D eigenvalue weighted by molar-refractivity contribution is -0.114. The van der Waals surface area contributed by atoms with Gasteiger partial charge in [0.25, 0.3) is 0 Å². The van der Waals surface area contributed by atoms with Crippen molar-refractivity contribution in [3.05, 3.63) is 89.1 Å². The monoisotopic (exact) mass is 441 g/mol. The van der Waals surface area contributed by atoms with Gasteiger partial charge in [0.1, 0.15) is 5.82 Å². The number of carbonyl (C=O) groups excluding carboxylic acids is 1. The molecule has 0 saturated carbocycles. The normalized spacial score (nSPS) is 11.1. The summed E-state index contributed by atoms with van der Waals surface area (Å²) < 4.78 is 16.7. The second-order valence-electron chi connectivity index (χ2n) is 7.71. The molecule has 33 heavy (non-hydrogen) atoms. The van der Waals surface area contributed by atoms with Crippen LogP contribution in [0.4, 0.5) is 10.3 Å². The van der Waals surface area contributed by atoms with Crippen LogP contribution in [0.2, 0.25) is 0 Å². The van der Waals surface area contributed by atoms with E-state index in [4.69, 9.17) is 0 Å². The number of nitrogens with one attached hydrogen (secondary N) is 2. The average molecular weight is 441 g/mol. The fourth-order valence-corrected chi connectivity index (χ4v) is 3.94. The van der Waals surface area contributed by atoms with Gasteiger partial charge in [0.2, 0.25) is 11.9 Å². The van der Waals surface area contributed by atoms with Crippen molar-refractivity contribution in [2.24, 2.45) is 7.05 Å². The number of hydrogen-bond donors (Lipinski definition) is 2. The number of fused-ring (bicyclic) bond motifs is 1. The predicted molar refractivity (Wildman–Crippen MR) is 126 cm³/mol. The number of halogens is 1. The molecule has 0 radical (unpaired) electrons. The minimum absolute atomic E-state index is 0.159. The minimum atomic E-state index is -0.347. The second kappa shape index (κ2) is 7.90. The molecule has 7 nitrogen and oxygen atoms in total. The SMILES string of the molecule is CC(=O)Nc1nc(-c2ccc3c(c2)n(C)c(=O)n3-c2ccccc2)c(-c2ccc(F)cc2)[nH]1. The summed E-state index contributed by atoms with van der Waals surface area (Å²) in [5.74, 6) is -0.327. The predicted octanol–water partition coefficient (Wildman–Crippen LogP) is 4.48. The van der Waals surface area contributed by atoms with Gasteiger partial charge in [-0.1, -0.05) is 24.3 Å². The highest BCUT2D eigenvalue weighted by Gasteiger charge is 2.18. The van der Waals surface area contributed by atoms with E-state index in [-0.39, 0.29) is 23.4 Å².